The highest BCUT2D eigenvalue weighted by Gasteiger charge is 2.03. The van der Waals surface area contributed by atoms with Gasteiger partial charge in [-0.1, -0.05) is 17.7 Å². The molecule has 1 heterocycles. The SMILES string of the molecule is Cc1ccc(NC(N)=NCCc2sc(C)nc2C)cc1. The number of anilines is 1. The van der Waals surface area contributed by atoms with Gasteiger partial charge < -0.3 is 11.1 Å². The molecule has 0 bridgehead atoms. The Morgan fingerprint density at radius 2 is 1.95 bits per heavy atom. The monoisotopic (exact) mass is 288 g/mol. The quantitative estimate of drug-likeness (QED) is 0.671. The van der Waals surface area contributed by atoms with Crippen molar-refractivity contribution in [3.05, 3.63) is 45.4 Å². The van der Waals surface area contributed by atoms with E-state index in [0.717, 1.165) is 22.8 Å². The number of benzene rings is 1. The second-order valence-corrected chi connectivity index (χ2v) is 6.04. The third kappa shape index (κ3) is 4.06. The van der Waals surface area contributed by atoms with Crippen LogP contribution in [0.15, 0.2) is 29.3 Å². The Kier molecular flexibility index (Phi) is 4.74. The van der Waals surface area contributed by atoms with E-state index in [1.165, 1.54) is 10.4 Å². The first-order chi connectivity index (χ1) is 9.54. The molecule has 0 saturated heterocycles. The number of aryl methyl sites for hydroxylation is 3. The van der Waals surface area contributed by atoms with E-state index >= 15 is 0 Å². The fraction of sp³-hybridized carbons (Fsp3) is 0.333. The lowest BCUT2D eigenvalue weighted by Gasteiger charge is -2.05. The smallest absolute Gasteiger partial charge is 0.193 e. The predicted octanol–water partition coefficient (Wildman–Crippen LogP) is 3.04. The minimum atomic E-state index is 0.452. The zero-order chi connectivity index (χ0) is 14.5. The first kappa shape index (κ1) is 14.5. The largest absolute Gasteiger partial charge is 0.370 e. The molecular formula is C15H20N4S. The molecule has 0 fully saturated rings. The Bertz CT molecular complexity index is 599. The summed E-state index contributed by atoms with van der Waals surface area (Å²) in [7, 11) is 0. The first-order valence-electron chi connectivity index (χ1n) is 6.61. The van der Waals surface area contributed by atoms with Crippen molar-refractivity contribution in [3.63, 3.8) is 0 Å². The molecule has 2 aromatic rings. The Morgan fingerprint density at radius 3 is 2.55 bits per heavy atom. The van der Waals surface area contributed by atoms with Crippen LogP contribution in [0.2, 0.25) is 0 Å². The number of guanidine groups is 1. The number of aliphatic imine (C=N–C) groups is 1. The maximum atomic E-state index is 5.88. The van der Waals surface area contributed by atoms with Gasteiger partial charge in [-0.2, -0.15) is 0 Å². The van der Waals surface area contributed by atoms with Crippen molar-refractivity contribution in [1.82, 2.24) is 4.98 Å². The van der Waals surface area contributed by atoms with Gasteiger partial charge in [0.2, 0.25) is 0 Å². The molecule has 1 aromatic carbocycles. The molecule has 0 aliphatic carbocycles. The zero-order valence-corrected chi connectivity index (χ0v) is 12.9. The lowest BCUT2D eigenvalue weighted by molar-refractivity contribution is 0.965. The molecule has 0 amide bonds. The maximum Gasteiger partial charge on any atom is 0.193 e. The van der Waals surface area contributed by atoms with E-state index in [9.17, 15) is 0 Å². The molecule has 0 radical (unpaired) electrons. The van der Waals surface area contributed by atoms with Gasteiger partial charge in [-0.3, -0.25) is 4.99 Å². The van der Waals surface area contributed by atoms with Crippen LogP contribution in [-0.4, -0.2) is 17.5 Å². The van der Waals surface area contributed by atoms with Gasteiger partial charge in [0.15, 0.2) is 5.96 Å². The number of hydrogen-bond donors (Lipinski definition) is 2. The van der Waals surface area contributed by atoms with E-state index in [1.54, 1.807) is 11.3 Å². The molecule has 106 valence electrons. The summed E-state index contributed by atoms with van der Waals surface area (Å²) in [5, 5.41) is 4.19. The Balaban J connectivity index is 1.88. The maximum absolute atomic E-state index is 5.88. The molecule has 20 heavy (non-hydrogen) atoms. The van der Waals surface area contributed by atoms with Gasteiger partial charge in [0, 0.05) is 23.5 Å². The van der Waals surface area contributed by atoms with Gasteiger partial charge in [-0.05, 0) is 32.9 Å². The van der Waals surface area contributed by atoms with Crippen LogP contribution in [0.25, 0.3) is 0 Å². The van der Waals surface area contributed by atoms with Gasteiger partial charge in [0.25, 0.3) is 0 Å². The number of nitrogens with zero attached hydrogens (tertiary/aromatic N) is 2. The predicted molar refractivity (Wildman–Crippen MR) is 86.6 cm³/mol. The van der Waals surface area contributed by atoms with Crippen molar-refractivity contribution < 1.29 is 0 Å². The lowest BCUT2D eigenvalue weighted by atomic mass is 10.2. The highest BCUT2D eigenvalue weighted by Crippen LogP contribution is 2.17. The topological polar surface area (TPSA) is 63.3 Å². The molecule has 5 heteroatoms. The van der Waals surface area contributed by atoms with Crippen LogP contribution in [-0.2, 0) is 6.42 Å². The number of thiazole rings is 1. The Hall–Kier alpha value is -1.88. The normalized spacial score (nSPS) is 11.7. The molecular weight excluding hydrogens is 268 g/mol. The highest BCUT2D eigenvalue weighted by molar-refractivity contribution is 7.11. The van der Waals surface area contributed by atoms with Crippen LogP contribution in [0.3, 0.4) is 0 Å². The zero-order valence-electron chi connectivity index (χ0n) is 12.1. The number of rotatable bonds is 4. The first-order valence-corrected chi connectivity index (χ1v) is 7.43. The van der Waals surface area contributed by atoms with E-state index in [0.29, 0.717) is 12.5 Å². The second kappa shape index (κ2) is 6.52. The van der Waals surface area contributed by atoms with Crippen LogP contribution >= 0.6 is 11.3 Å². The summed E-state index contributed by atoms with van der Waals surface area (Å²) in [5.41, 5.74) is 9.17. The molecule has 3 N–H and O–H groups in total. The summed E-state index contributed by atoms with van der Waals surface area (Å²) in [5.74, 6) is 0.452. The van der Waals surface area contributed by atoms with Gasteiger partial charge in [0.05, 0.1) is 10.7 Å². The molecule has 0 saturated carbocycles. The molecule has 4 nitrogen and oxygen atoms in total. The third-order valence-electron chi connectivity index (χ3n) is 2.94. The summed E-state index contributed by atoms with van der Waals surface area (Å²) in [6.45, 7) is 6.79. The molecule has 0 atom stereocenters. The van der Waals surface area contributed by atoms with Crippen LogP contribution < -0.4 is 11.1 Å². The van der Waals surface area contributed by atoms with Crippen molar-refractivity contribution in [2.45, 2.75) is 27.2 Å². The van der Waals surface area contributed by atoms with Gasteiger partial charge in [-0.25, -0.2) is 4.98 Å². The Morgan fingerprint density at radius 1 is 1.25 bits per heavy atom. The summed E-state index contributed by atoms with van der Waals surface area (Å²) in [6.07, 6.45) is 0.883. The summed E-state index contributed by atoms with van der Waals surface area (Å²) < 4.78 is 0. The summed E-state index contributed by atoms with van der Waals surface area (Å²) in [4.78, 5) is 10.0. The molecule has 2 rings (SSSR count). The van der Waals surface area contributed by atoms with Gasteiger partial charge >= 0.3 is 0 Å². The average molecular weight is 288 g/mol. The van der Waals surface area contributed by atoms with E-state index in [1.807, 2.05) is 38.1 Å². The van der Waals surface area contributed by atoms with Crippen LogP contribution in [0.1, 0.15) is 21.1 Å². The van der Waals surface area contributed by atoms with Crippen LogP contribution in [0.5, 0.6) is 0 Å². The van der Waals surface area contributed by atoms with Crippen molar-refractivity contribution in [1.29, 1.82) is 0 Å². The number of hydrogen-bond acceptors (Lipinski definition) is 3. The fourth-order valence-corrected chi connectivity index (χ4v) is 2.83. The van der Waals surface area contributed by atoms with E-state index in [4.69, 9.17) is 5.73 Å². The molecule has 0 aliphatic heterocycles. The van der Waals surface area contributed by atoms with E-state index in [2.05, 4.69) is 22.2 Å². The Labute approximate surface area is 123 Å². The molecule has 0 unspecified atom stereocenters. The molecule has 1 aromatic heterocycles. The average Bonchev–Trinajstić information content (AvgIpc) is 2.71. The van der Waals surface area contributed by atoms with E-state index in [-0.39, 0.29) is 0 Å². The number of nitrogens with two attached hydrogens (primary N) is 1. The van der Waals surface area contributed by atoms with Crippen molar-refractivity contribution in [3.8, 4) is 0 Å². The number of aromatic nitrogens is 1. The highest BCUT2D eigenvalue weighted by atomic mass is 32.1. The summed E-state index contributed by atoms with van der Waals surface area (Å²) >= 11 is 1.73. The van der Waals surface area contributed by atoms with Gasteiger partial charge in [0.1, 0.15) is 0 Å². The molecule has 0 spiro atoms. The minimum absolute atomic E-state index is 0.452. The molecule has 0 aliphatic rings. The van der Waals surface area contributed by atoms with E-state index < -0.39 is 0 Å². The summed E-state index contributed by atoms with van der Waals surface area (Å²) in [6, 6.07) is 8.07. The van der Waals surface area contributed by atoms with Crippen molar-refractivity contribution >= 4 is 23.0 Å². The van der Waals surface area contributed by atoms with Crippen molar-refractivity contribution in [2.75, 3.05) is 11.9 Å². The van der Waals surface area contributed by atoms with Crippen LogP contribution in [0.4, 0.5) is 5.69 Å². The number of nitrogens with one attached hydrogen (secondary N) is 1. The minimum Gasteiger partial charge on any atom is -0.370 e. The van der Waals surface area contributed by atoms with Crippen LogP contribution in [0, 0.1) is 20.8 Å². The fourth-order valence-electron chi connectivity index (χ4n) is 1.91. The van der Waals surface area contributed by atoms with Gasteiger partial charge in [-0.15, -0.1) is 11.3 Å². The van der Waals surface area contributed by atoms with Crippen molar-refractivity contribution in [2.24, 2.45) is 10.7 Å². The standard InChI is InChI=1S/C15H20N4S/c1-10-4-6-13(7-5-10)19-15(16)17-9-8-14-11(2)18-12(3)20-14/h4-7H,8-9H2,1-3H3,(H3,16,17,19). The lowest BCUT2D eigenvalue weighted by Crippen LogP contribution is -2.23. The third-order valence-corrected chi connectivity index (χ3v) is 4.08. The second-order valence-electron chi connectivity index (χ2n) is 4.75.